The molecule has 0 spiro atoms. The summed E-state index contributed by atoms with van der Waals surface area (Å²) in [6.07, 6.45) is -11.5. The zero-order chi connectivity index (χ0) is 23.1. The third kappa shape index (κ3) is 3.87. The quantitative estimate of drug-likeness (QED) is 0.294. The van der Waals surface area contributed by atoms with Gasteiger partial charge in [0.05, 0.1) is 10.4 Å². The van der Waals surface area contributed by atoms with Gasteiger partial charge in [-0.15, -0.1) is 0 Å². The van der Waals surface area contributed by atoms with Crippen molar-refractivity contribution in [2.24, 2.45) is 0 Å². The highest BCUT2D eigenvalue weighted by Gasteiger charge is 2.62. The van der Waals surface area contributed by atoms with Crippen LogP contribution in [-0.4, -0.2) is 26.7 Å². The van der Waals surface area contributed by atoms with Crippen LogP contribution in [-0.2, 0) is 5.92 Å². The van der Waals surface area contributed by atoms with Crippen molar-refractivity contribution in [1.82, 2.24) is 9.55 Å². The van der Waals surface area contributed by atoms with E-state index in [1.54, 1.807) is 0 Å². The van der Waals surface area contributed by atoms with Crippen LogP contribution in [0.2, 0.25) is 0 Å². The minimum Gasteiger partial charge on any atom is -0.410 e. The molecule has 31 heavy (non-hydrogen) atoms. The number of hydrogen-bond acceptors (Lipinski definition) is 5. The molecule has 0 saturated heterocycles. The third-order valence-corrected chi connectivity index (χ3v) is 3.98. The topological polar surface area (TPSA) is 87.3 Å². The van der Waals surface area contributed by atoms with Crippen LogP contribution < -0.4 is 4.74 Å². The summed E-state index contributed by atoms with van der Waals surface area (Å²) in [5.74, 6) is -8.33. The van der Waals surface area contributed by atoms with Crippen molar-refractivity contribution < 1.29 is 45.2 Å². The fraction of sp³-hybridized carbons (Fsp3) is 0.176. The summed E-state index contributed by atoms with van der Waals surface area (Å²) in [7, 11) is 0. The molecule has 0 aliphatic carbocycles. The molecule has 0 aliphatic heterocycles. The fourth-order valence-corrected chi connectivity index (χ4v) is 2.60. The number of carbonyl (C=O) groups is 1. The monoisotopic (exact) mass is 451 g/mol. The van der Waals surface area contributed by atoms with Crippen molar-refractivity contribution >= 4 is 22.8 Å². The Morgan fingerprint density at radius 1 is 1.10 bits per heavy atom. The molecular formula is C17H8F7N3O4. The van der Waals surface area contributed by atoms with Gasteiger partial charge in [-0.3, -0.25) is 10.1 Å². The maximum Gasteiger partial charge on any atom is 0.461 e. The maximum atomic E-state index is 14.1. The lowest BCUT2D eigenvalue weighted by molar-refractivity contribution is -0.383. The van der Waals surface area contributed by atoms with Crippen LogP contribution >= 0.6 is 0 Å². The summed E-state index contributed by atoms with van der Waals surface area (Å²) in [6, 6.07) is 7.10. The van der Waals surface area contributed by atoms with Gasteiger partial charge in [0.2, 0.25) is 0 Å². The van der Waals surface area contributed by atoms with Crippen molar-refractivity contribution in [3.8, 4) is 5.75 Å². The van der Waals surface area contributed by atoms with Crippen molar-refractivity contribution in [2.45, 2.75) is 18.5 Å². The highest BCUT2D eigenvalue weighted by Crippen LogP contribution is 2.45. The van der Waals surface area contributed by atoms with E-state index in [4.69, 9.17) is 4.74 Å². The van der Waals surface area contributed by atoms with Crippen LogP contribution in [0.4, 0.5) is 41.2 Å². The number of nitro benzene ring substituents is 1. The van der Waals surface area contributed by atoms with E-state index < -0.39 is 62.2 Å². The number of nitro groups is 1. The van der Waals surface area contributed by atoms with Crippen LogP contribution in [0, 0.1) is 10.1 Å². The minimum atomic E-state index is -6.26. The van der Waals surface area contributed by atoms with Gasteiger partial charge in [-0.25, -0.2) is 23.1 Å². The first-order chi connectivity index (χ1) is 14.3. The zero-order valence-electron chi connectivity index (χ0n) is 14.7. The molecule has 0 amide bonds. The molecule has 0 N–H and O–H groups in total. The van der Waals surface area contributed by atoms with Gasteiger partial charge in [-0.05, 0) is 18.2 Å². The summed E-state index contributed by atoms with van der Waals surface area (Å²) in [6.45, 7) is 0. The van der Waals surface area contributed by atoms with E-state index in [9.17, 15) is 45.6 Å². The SMILES string of the molecule is O=C(Oc1ccccc1)n1c(C(F)(F)C(F)(F)F)nc2c([N+](=O)[O-])cc(C(F)F)cc21. The lowest BCUT2D eigenvalue weighted by Gasteiger charge is -2.19. The molecule has 0 saturated carbocycles. The Bertz CT molecular complexity index is 1160. The lowest BCUT2D eigenvalue weighted by atomic mass is 10.1. The highest BCUT2D eigenvalue weighted by molar-refractivity contribution is 5.93. The second-order valence-corrected chi connectivity index (χ2v) is 5.99. The Balaban J connectivity index is 2.36. The average Bonchev–Trinajstić information content (AvgIpc) is 3.07. The number of benzene rings is 2. The predicted molar refractivity (Wildman–Crippen MR) is 89.2 cm³/mol. The Morgan fingerprint density at radius 2 is 1.71 bits per heavy atom. The van der Waals surface area contributed by atoms with Crippen LogP contribution in [0.3, 0.4) is 0 Å². The van der Waals surface area contributed by atoms with Gasteiger partial charge in [0.15, 0.2) is 11.3 Å². The molecule has 2 aromatic carbocycles. The van der Waals surface area contributed by atoms with E-state index in [1.165, 1.54) is 18.2 Å². The van der Waals surface area contributed by atoms with Gasteiger partial charge in [-0.1, -0.05) is 18.2 Å². The molecule has 1 aromatic heterocycles. The summed E-state index contributed by atoms with van der Waals surface area (Å²) in [5, 5.41) is 11.2. The van der Waals surface area contributed by atoms with E-state index in [0.717, 1.165) is 12.1 Å². The molecule has 164 valence electrons. The van der Waals surface area contributed by atoms with E-state index in [0.29, 0.717) is 6.07 Å². The van der Waals surface area contributed by atoms with Gasteiger partial charge in [0.25, 0.3) is 12.1 Å². The number of nitrogens with zero attached hydrogens (tertiary/aromatic N) is 3. The Morgan fingerprint density at radius 3 is 2.23 bits per heavy atom. The summed E-state index contributed by atoms with van der Waals surface area (Å²) < 4.78 is 97.8. The number of para-hydroxylation sites is 1. The van der Waals surface area contributed by atoms with Crippen LogP contribution in [0.15, 0.2) is 42.5 Å². The molecule has 3 aromatic rings. The second-order valence-electron chi connectivity index (χ2n) is 5.99. The molecule has 0 fully saturated rings. The minimum absolute atomic E-state index is 0.266. The van der Waals surface area contributed by atoms with Crippen LogP contribution in [0.1, 0.15) is 17.8 Å². The summed E-state index contributed by atoms with van der Waals surface area (Å²) in [4.78, 5) is 25.3. The first-order valence-corrected chi connectivity index (χ1v) is 8.05. The number of alkyl halides is 7. The molecule has 14 heteroatoms. The van der Waals surface area contributed by atoms with Gasteiger partial charge in [0, 0.05) is 11.6 Å². The number of halogens is 7. The molecule has 0 bridgehead atoms. The van der Waals surface area contributed by atoms with Crippen LogP contribution in [0.25, 0.3) is 11.0 Å². The number of carbonyl (C=O) groups excluding carboxylic acids is 1. The van der Waals surface area contributed by atoms with Crippen molar-refractivity contribution in [3.63, 3.8) is 0 Å². The van der Waals surface area contributed by atoms with Crippen LogP contribution in [0.5, 0.6) is 5.75 Å². The molecule has 0 unspecified atom stereocenters. The first kappa shape index (κ1) is 22.0. The molecule has 0 radical (unpaired) electrons. The van der Waals surface area contributed by atoms with Gasteiger partial charge >= 0.3 is 18.2 Å². The van der Waals surface area contributed by atoms with Crippen molar-refractivity contribution in [1.29, 1.82) is 0 Å². The highest BCUT2D eigenvalue weighted by atomic mass is 19.4. The van der Waals surface area contributed by atoms with Gasteiger partial charge in [-0.2, -0.15) is 22.0 Å². The number of fused-ring (bicyclic) bond motifs is 1. The third-order valence-electron chi connectivity index (χ3n) is 3.98. The average molecular weight is 451 g/mol. The Labute approximate surface area is 166 Å². The maximum absolute atomic E-state index is 14.1. The normalized spacial score (nSPS) is 12.4. The number of aromatic nitrogens is 2. The van der Waals surface area contributed by atoms with Crippen molar-refractivity contribution in [2.75, 3.05) is 0 Å². The van der Waals surface area contributed by atoms with E-state index >= 15 is 0 Å². The molecule has 1 heterocycles. The number of hydrogen-bond donors (Lipinski definition) is 0. The standard InChI is InChI=1S/C17H8F7N3O4/c18-13(19)8-6-10-12(11(7-8)27(29)30)25-14(16(20,21)17(22,23)24)26(10)15(28)31-9-4-2-1-3-5-9/h1-7,13H. The zero-order valence-corrected chi connectivity index (χ0v) is 14.7. The van der Waals surface area contributed by atoms with Gasteiger partial charge < -0.3 is 4.74 Å². The van der Waals surface area contributed by atoms with Crippen molar-refractivity contribution in [3.05, 3.63) is 64.0 Å². The number of ether oxygens (including phenoxy) is 1. The lowest BCUT2D eigenvalue weighted by Crippen LogP contribution is -2.38. The largest absolute Gasteiger partial charge is 0.461 e. The number of rotatable bonds is 4. The van der Waals surface area contributed by atoms with E-state index in [-0.39, 0.29) is 11.8 Å². The Hall–Kier alpha value is -3.71. The molecule has 0 aliphatic rings. The first-order valence-electron chi connectivity index (χ1n) is 8.05. The number of non-ortho nitro benzene ring substituents is 1. The summed E-state index contributed by atoms with van der Waals surface area (Å²) in [5.41, 5.74) is -4.60. The predicted octanol–water partition coefficient (Wildman–Crippen LogP) is 5.58. The van der Waals surface area contributed by atoms with Gasteiger partial charge in [0.1, 0.15) is 5.75 Å². The summed E-state index contributed by atoms with van der Waals surface area (Å²) >= 11 is 0. The molecule has 0 atom stereocenters. The molecule has 7 nitrogen and oxygen atoms in total. The Kier molecular flexibility index (Phi) is 5.33. The van der Waals surface area contributed by atoms with E-state index in [2.05, 4.69) is 4.98 Å². The molecule has 3 rings (SSSR count). The smallest absolute Gasteiger partial charge is 0.410 e. The number of imidazole rings is 1. The van der Waals surface area contributed by atoms with E-state index in [1.807, 2.05) is 0 Å². The fourth-order valence-electron chi connectivity index (χ4n) is 2.60. The molecular weight excluding hydrogens is 443 g/mol. The second kappa shape index (κ2) is 7.52.